The van der Waals surface area contributed by atoms with E-state index in [1.165, 1.54) is 0 Å². The van der Waals surface area contributed by atoms with Crippen LogP contribution in [-0.4, -0.2) is 76.3 Å². The van der Waals surface area contributed by atoms with E-state index in [0.29, 0.717) is 0 Å². The zero-order valence-corrected chi connectivity index (χ0v) is 15.1. The van der Waals surface area contributed by atoms with Gasteiger partial charge >= 0.3 is 11.9 Å². The zero-order chi connectivity index (χ0) is 21.1. The summed E-state index contributed by atoms with van der Waals surface area (Å²) in [6, 6.07) is -4.01. The second-order valence-electron chi connectivity index (χ2n) is 6.25. The summed E-state index contributed by atoms with van der Waals surface area (Å²) in [6.45, 7) is 2.17. The fraction of sp³-hybridized carbons (Fsp3) is 0.667. The van der Waals surface area contributed by atoms with Crippen molar-refractivity contribution in [1.29, 1.82) is 0 Å². The van der Waals surface area contributed by atoms with E-state index in [-0.39, 0.29) is 12.3 Å². The molecular formula is C15H26N4O8. The number of nitrogens with two attached hydrogens (primary N) is 1. The molecule has 3 amide bonds. The molecule has 8 N–H and O–H groups in total. The van der Waals surface area contributed by atoms with Crippen LogP contribution in [0.5, 0.6) is 0 Å². The fourth-order valence-electron chi connectivity index (χ4n) is 2.01. The molecule has 3 unspecified atom stereocenters. The number of aliphatic hydroxyl groups is 1. The van der Waals surface area contributed by atoms with Gasteiger partial charge in [0.15, 0.2) is 0 Å². The van der Waals surface area contributed by atoms with Crippen molar-refractivity contribution >= 4 is 29.7 Å². The molecule has 0 aliphatic heterocycles. The Hall–Kier alpha value is -2.73. The molecule has 12 heteroatoms. The number of carboxylic acids is 2. The SMILES string of the molecule is CC(C)CC(NC(=O)C(CC(=O)O)NC(=O)C(N)CO)C(=O)NCC(=O)O. The van der Waals surface area contributed by atoms with Gasteiger partial charge in [-0.05, 0) is 12.3 Å². The molecule has 12 nitrogen and oxygen atoms in total. The first-order chi connectivity index (χ1) is 12.5. The van der Waals surface area contributed by atoms with E-state index in [0.717, 1.165) is 0 Å². The van der Waals surface area contributed by atoms with Gasteiger partial charge in [-0.25, -0.2) is 0 Å². The summed E-state index contributed by atoms with van der Waals surface area (Å²) >= 11 is 0. The number of carbonyl (C=O) groups is 5. The van der Waals surface area contributed by atoms with Gasteiger partial charge in [0.2, 0.25) is 17.7 Å². The topological polar surface area (TPSA) is 208 Å². The molecule has 154 valence electrons. The Kier molecular flexibility index (Phi) is 10.6. The van der Waals surface area contributed by atoms with Crippen molar-refractivity contribution in [1.82, 2.24) is 16.0 Å². The number of aliphatic hydroxyl groups excluding tert-OH is 1. The molecule has 3 atom stereocenters. The minimum absolute atomic E-state index is 0.0544. The van der Waals surface area contributed by atoms with Crippen molar-refractivity contribution in [3.63, 3.8) is 0 Å². The average Bonchev–Trinajstić information content (AvgIpc) is 2.56. The first-order valence-corrected chi connectivity index (χ1v) is 8.16. The molecule has 0 rings (SSSR count). The van der Waals surface area contributed by atoms with Gasteiger partial charge in [-0.3, -0.25) is 24.0 Å². The van der Waals surface area contributed by atoms with Gasteiger partial charge in [-0.15, -0.1) is 0 Å². The van der Waals surface area contributed by atoms with Crippen molar-refractivity contribution in [2.75, 3.05) is 13.2 Å². The minimum atomic E-state index is -1.53. The van der Waals surface area contributed by atoms with Crippen LogP contribution in [-0.2, 0) is 24.0 Å². The van der Waals surface area contributed by atoms with Crippen LogP contribution < -0.4 is 21.7 Å². The Morgan fingerprint density at radius 2 is 1.44 bits per heavy atom. The van der Waals surface area contributed by atoms with Crippen molar-refractivity contribution in [3.8, 4) is 0 Å². The first-order valence-electron chi connectivity index (χ1n) is 8.16. The van der Waals surface area contributed by atoms with E-state index in [2.05, 4.69) is 16.0 Å². The summed E-state index contributed by atoms with van der Waals surface area (Å²) in [6.07, 6.45) is -0.623. The molecule has 0 aromatic heterocycles. The number of hydrogen-bond donors (Lipinski definition) is 7. The number of carboxylic acid groups (broad SMARTS) is 2. The van der Waals surface area contributed by atoms with Crippen LogP contribution in [0.4, 0.5) is 0 Å². The summed E-state index contributed by atoms with van der Waals surface area (Å²) in [5.41, 5.74) is 5.32. The Labute approximate surface area is 155 Å². The molecule has 0 saturated heterocycles. The van der Waals surface area contributed by atoms with Crippen LogP contribution >= 0.6 is 0 Å². The maximum Gasteiger partial charge on any atom is 0.322 e. The second-order valence-corrected chi connectivity index (χ2v) is 6.25. The van der Waals surface area contributed by atoms with Crippen LogP contribution in [0.2, 0.25) is 0 Å². The van der Waals surface area contributed by atoms with E-state index in [1.807, 2.05) is 0 Å². The molecule has 0 aromatic carbocycles. The molecule has 0 bridgehead atoms. The smallest absolute Gasteiger partial charge is 0.322 e. The van der Waals surface area contributed by atoms with Crippen LogP contribution in [0, 0.1) is 5.92 Å². The van der Waals surface area contributed by atoms with Gasteiger partial charge in [0, 0.05) is 0 Å². The molecule has 0 aromatic rings. The maximum atomic E-state index is 12.4. The summed E-state index contributed by atoms with van der Waals surface area (Å²) in [5.74, 6) is -5.36. The maximum absolute atomic E-state index is 12.4. The van der Waals surface area contributed by atoms with Crippen LogP contribution in [0.1, 0.15) is 26.7 Å². The van der Waals surface area contributed by atoms with Gasteiger partial charge in [0.1, 0.15) is 24.7 Å². The summed E-state index contributed by atoms with van der Waals surface area (Å²) in [4.78, 5) is 57.7. The lowest BCUT2D eigenvalue weighted by atomic mass is 10.0. The Morgan fingerprint density at radius 3 is 1.89 bits per heavy atom. The van der Waals surface area contributed by atoms with Crippen LogP contribution in [0.25, 0.3) is 0 Å². The number of carbonyl (C=O) groups excluding carboxylic acids is 3. The highest BCUT2D eigenvalue weighted by atomic mass is 16.4. The molecule has 0 saturated carbocycles. The largest absolute Gasteiger partial charge is 0.481 e. The van der Waals surface area contributed by atoms with E-state index < -0.39 is 67.4 Å². The quantitative estimate of drug-likeness (QED) is 0.181. The predicted molar refractivity (Wildman–Crippen MR) is 91.3 cm³/mol. The molecule has 0 radical (unpaired) electrons. The fourth-order valence-corrected chi connectivity index (χ4v) is 2.01. The second kappa shape index (κ2) is 11.8. The monoisotopic (exact) mass is 390 g/mol. The van der Waals surface area contributed by atoms with Gasteiger partial charge < -0.3 is 37.0 Å². The Bertz CT molecular complexity index is 566. The molecule has 0 aliphatic carbocycles. The van der Waals surface area contributed by atoms with Crippen LogP contribution in [0.15, 0.2) is 0 Å². The van der Waals surface area contributed by atoms with Gasteiger partial charge in [0.05, 0.1) is 13.0 Å². The predicted octanol–water partition coefficient (Wildman–Crippen LogP) is -3.00. The zero-order valence-electron chi connectivity index (χ0n) is 15.1. The highest BCUT2D eigenvalue weighted by Gasteiger charge is 2.30. The first kappa shape index (κ1) is 24.3. The molecule has 0 spiro atoms. The standard InChI is InChI=1S/C15H26N4O8/c1-7(2)3-9(14(26)17-5-12(23)24)19-15(27)10(4-11(21)22)18-13(25)8(16)6-20/h7-10,20H,3-6,16H2,1-2H3,(H,17,26)(H,18,25)(H,19,27)(H,21,22)(H,23,24). The normalized spacial score (nSPS) is 14.0. The third-order valence-electron chi connectivity index (χ3n) is 3.30. The van der Waals surface area contributed by atoms with Crippen molar-refractivity contribution in [2.24, 2.45) is 11.7 Å². The lowest BCUT2D eigenvalue weighted by Crippen LogP contribution is -2.57. The highest BCUT2D eigenvalue weighted by Crippen LogP contribution is 2.06. The van der Waals surface area contributed by atoms with E-state index in [9.17, 15) is 24.0 Å². The Morgan fingerprint density at radius 1 is 0.889 bits per heavy atom. The lowest BCUT2D eigenvalue weighted by Gasteiger charge is -2.24. The van der Waals surface area contributed by atoms with Crippen molar-refractivity contribution in [2.45, 2.75) is 44.8 Å². The van der Waals surface area contributed by atoms with E-state index in [1.54, 1.807) is 13.8 Å². The molecule has 0 aliphatic rings. The molecular weight excluding hydrogens is 364 g/mol. The minimum Gasteiger partial charge on any atom is -0.481 e. The lowest BCUT2D eigenvalue weighted by molar-refractivity contribution is -0.141. The number of aliphatic carboxylic acids is 2. The number of nitrogens with one attached hydrogen (secondary N) is 3. The van der Waals surface area contributed by atoms with E-state index in [4.69, 9.17) is 21.1 Å². The molecule has 0 fully saturated rings. The number of amides is 3. The third kappa shape index (κ3) is 10.1. The number of rotatable bonds is 12. The van der Waals surface area contributed by atoms with Gasteiger partial charge in [-0.1, -0.05) is 13.8 Å². The van der Waals surface area contributed by atoms with Crippen LogP contribution in [0.3, 0.4) is 0 Å². The highest BCUT2D eigenvalue weighted by molar-refractivity contribution is 5.95. The Balaban J connectivity index is 5.21. The summed E-state index contributed by atoms with van der Waals surface area (Å²) in [7, 11) is 0. The summed E-state index contributed by atoms with van der Waals surface area (Å²) in [5, 5.41) is 32.9. The van der Waals surface area contributed by atoms with Gasteiger partial charge in [-0.2, -0.15) is 0 Å². The van der Waals surface area contributed by atoms with Gasteiger partial charge in [0.25, 0.3) is 0 Å². The number of hydrogen-bond acceptors (Lipinski definition) is 7. The van der Waals surface area contributed by atoms with Crippen molar-refractivity contribution < 1.29 is 39.3 Å². The third-order valence-corrected chi connectivity index (χ3v) is 3.30. The molecule has 27 heavy (non-hydrogen) atoms. The summed E-state index contributed by atoms with van der Waals surface area (Å²) < 4.78 is 0. The molecule has 0 heterocycles. The van der Waals surface area contributed by atoms with E-state index >= 15 is 0 Å². The van der Waals surface area contributed by atoms with Crippen molar-refractivity contribution in [3.05, 3.63) is 0 Å². The average molecular weight is 390 g/mol.